The normalized spacial score (nSPS) is 10.6. The van der Waals surface area contributed by atoms with Crippen LogP contribution in [0.5, 0.6) is 0 Å². The van der Waals surface area contributed by atoms with Gasteiger partial charge in [0.15, 0.2) is 0 Å². The summed E-state index contributed by atoms with van der Waals surface area (Å²) in [5.74, 6) is 0. The second kappa shape index (κ2) is 22.7. The molecule has 0 fully saturated rings. The molecule has 0 bridgehead atoms. The quantitative estimate of drug-likeness (QED) is 0.172. The summed E-state index contributed by atoms with van der Waals surface area (Å²) in [5.41, 5.74) is 0. The van der Waals surface area contributed by atoms with E-state index in [2.05, 4.69) is 31.9 Å². The first-order valence-electron chi connectivity index (χ1n) is 11.7. The maximum atomic E-state index is 11.3. The first kappa shape index (κ1) is 27.5. The van der Waals surface area contributed by atoms with Crippen LogP contribution in [0, 0.1) is 0 Å². The number of carbonyl (C=O) groups is 2. The summed E-state index contributed by atoms with van der Waals surface area (Å²) in [6.07, 6.45) is 10.1. The minimum Gasteiger partial charge on any atom is -0.338 e. The Morgan fingerprint density at radius 1 is 0.448 bits per heavy atom. The molecule has 172 valence electrons. The van der Waals surface area contributed by atoms with Crippen LogP contribution in [0.25, 0.3) is 0 Å². The summed E-state index contributed by atoms with van der Waals surface area (Å²) >= 11 is 0. The van der Waals surface area contributed by atoms with Crippen molar-refractivity contribution in [2.75, 3.05) is 52.4 Å². The predicted molar refractivity (Wildman–Crippen MR) is 121 cm³/mol. The highest BCUT2D eigenvalue weighted by atomic mass is 16.2. The van der Waals surface area contributed by atoms with E-state index in [0.29, 0.717) is 0 Å². The minimum absolute atomic E-state index is 0.0622. The van der Waals surface area contributed by atoms with E-state index in [4.69, 9.17) is 0 Å². The summed E-state index contributed by atoms with van der Waals surface area (Å²) in [6.45, 7) is 11.0. The number of hydrogen-bond acceptors (Lipinski definition) is 4. The van der Waals surface area contributed by atoms with Crippen LogP contribution < -0.4 is 31.9 Å². The number of urea groups is 2. The van der Waals surface area contributed by atoms with Gasteiger partial charge in [0.2, 0.25) is 0 Å². The fraction of sp³-hybridized carbons (Fsp3) is 0.905. The first-order chi connectivity index (χ1) is 14.2. The minimum atomic E-state index is -0.0622. The molecule has 29 heavy (non-hydrogen) atoms. The van der Waals surface area contributed by atoms with Gasteiger partial charge in [-0.3, -0.25) is 0 Å². The summed E-state index contributed by atoms with van der Waals surface area (Å²) < 4.78 is 0. The SMILES string of the molecule is CCCNC(=O)NCCCNCCCCCCCNCCCNC(=O)NCCC. The number of rotatable bonds is 20. The lowest BCUT2D eigenvalue weighted by atomic mass is 10.1. The third-order valence-electron chi connectivity index (χ3n) is 4.41. The molecule has 0 aliphatic carbocycles. The molecule has 0 aromatic rings. The van der Waals surface area contributed by atoms with E-state index in [-0.39, 0.29) is 12.1 Å². The number of nitrogens with one attached hydrogen (secondary N) is 6. The Morgan fingerprint density at radius 2 is 0.793 bits per heavy atom. The van der Waals surface area contributed by atoms with E-state index in [1.807, 2.05) is 13.8 Å². The lowest BCUT2D eigenvalue weighted by Crippen LogP contribution is -2.37. The number of unbranched alkanes of at least 4 members (excludes halogenated alkanes) is 4. The van der Waals surface area contributed by atoms with Crippen molar-refractivity contribution < 1.29 is 9.59 Å². The topological polar surface area (TPSA) is 106 Å². The third-order valence-corrected chi connectivity index (χ3v) is 4.41. The van der Waals surface area contributed by atoms with Gasteiger partial charge in [0.1, 0.15) is 0 Å². The Kier molecular flexibility index (Phi) is 21.5. The van der Waals surface area contributed by atoms with Crippen LogP contribution in [0.4, 0.5) is 9.59 Å². The molecule has 0 saturated carbocycles. The number of carbonyl (C=O) groups excluding carboxylic acids is 2. The molecule has 0 radical (unpaired) electrons. The van der Waals surface area contributed by atoms with Gasteiger partial charge in [-0.05, 0) is 64.7 Å². The maximum absolute atomic E-state index is 11.3. The molecule has 8 heteroatoms. The van der Waals surface area contributed by atoms with Crippen molar-refractivity contribution in [1.82, 2.24) is 31.9 Å². The fourth-order valence-corrected chi connectivity index (χ4v) is 2.71. The van der Waals surface area contributed by atoms with Gasteiger partial charge in [0.25, 0.3) is 0 Å². The smallest absolute Gasteiger partial charge is 0.314 e. The van der Waals surface area contributed by atoms with Crippen molar-refractivity contribution >= 4 is 12.1 Å². The van der Waals surface area contributed by atoms with Crippen molar-refractivity contribution in [3.05, 3.63) is 0 Å². The van der Waals surface area contributed by atoms with Crippen molar-refractivity contribution in [3.8, 4) is 0 Å². The van der Waals surface area contributed by atoms with Gasteiger partial charge in [0.05, 0.1) is 0 Å². The predicted octanol–water partition coefficient (Wildman–Crippen LogP) is 2.31. The zero-order valence-corrected chi connectivity index (χ0v) is 18.8. The Balaban J connectivity index is 3.12. The first-order valence-corrected chi connectivity index (χ1v) is 11.7. The molecule has 0 saturated heterocycles. The van der Waals surface area contributed by atoms with E-state index < -0.39 is 0 Å². The molecule has 0 rings (SSSR count). The van der Waals surface area contributed by atoms with Gasteiger partial charge in [0, 0.05) is 26.2 Å². The van der Waals surface area contributed by atoms with Crippen LogP contribution >= 0.6 is 0 Å². The molecule has 8 nitrogen and oxygen atoms in total. The van der Waals surface area contributed by atoms with Crippen LogP contribution in [-0.2, 0) is 0 Å². The van der Waals surface area contributed by atoms with Gasteiger partial charge >= 0.3 is 12.1 Å². The summed E-state index contributed by atoms with van der Waals surface area (Å²) in [4.78, 5) is 22.7. The summed E-state index contributed by atoms with van der Waals surface area (Å²) in [6, 6.07) is -0.124. The highest BCUT2D eigenvalue weighted by molar-refractivity contribution is 5.74. The molecular formula is C21H46N6O2. The maximum Gasteiger partial charge on any atom is 0.314 e. The summed E-state index contributed by atoms with van der Waals surface area (Å²) in [5, 5.41) is 18.2. The monoisotopic (exact) mass is 414 g/mol. The number of hydrogen-bond donors (Lipinski definition) is 6. The van der Waals surface area contributed by atoms with E-state index in [0.717, 1.165) is 78.0 Å². The van der Waals surface area contributed by atoms with E-state index in [1.165, 1.54) is 32.1 Å². The van der Waals surface area contributed by atoms with Crippen LogP contribution in [0.1, 0.15) is 71.6 Å². The molecule has 0 spiro atoms. The second-order valence-corrected chi connectivity index (χ2v) is 7.34. The third kappa shape index (κ3) is 22.6. The highest BCUT2D eigenvalue weighted by Crippen LogP contribution is 2.01. The van der Waals surface area contributed by atoms with Crippen molar-refractivity contribution in [2.24, 2.45) is 0 Å². The fourth-order valence-electron chi connectivity index (χ4n) is 2.71. The van der Waals surface area contributed by atoms with Crippen LogP contribution in [0.15, 0.2) is 0 Å². The molecule has 0 atom stereocenters. The Hall–Kier alpha value is -1.54. The van der Waals surface area contributed by atoms with E-state index in [1.54, 1.807) is 0 Å². The molecular weight excluding hydrogens is 368 g/mol. The van der Waals surface area contributed by atoms with Gasteiger partial charge in [-0.1, -0.05) is 33.1 Å². The van der Waals surface area contributed by atoms with Crippen molar-refractivity contribution in [2.45, 2.75) is 71.6 Å². The Morgan fingerprint density at radius 3 is 1.21 bits per heavy atom. The molecule has 0 unspecified atom stereocenters. The molecule has 6 N–H and O–H groups in total. The Bertz CT molecular complexity index is 348. The summed E-state index contributed by atoms with van der Waals surface area (Å²) in [7, 11) is 0. The van der Waals surface area contributed by atoms with Gasteiger partial charge in [-0.2, -0.15) is 0 Å². The van der Waals surface area contributed by atoms with E-state index in [9.17, 15) is 9.59 Å². The van der Waals surface area contributed by atoms with Gasteiger partial charge in [-0.15, -0.1) is 0 Å². The van der Waals surface area contributed by atoms with Gasteiger partial charge in [-0.25, -0.2) is 9.59 Å². The van der Waals surface area contributed by atoms with Crippen LogP contribution in [0.2, 0.25) is 0 Å². The zero-order valence-electron chi connectivity index (χ0n) is 18.8. The van der Waals surface area contributed by atoms with Gasteiger partial charge < -0.3 is 31.9 Å². The number of amides is 4. The second-order valence-electron chi connectivity index (χ2n) is 7.34. The Labute approximate surface area is 178 Å². The van der Waals surface area contributed by atoms with E-state index >= 15 is 0 Å². The molecule has 0 aromatic carbocycles. The van der Waals surface area contributed by atoms with Crippen molar-refractivity contribution in [1.29, 1.82) is 0 Å². The largest absolute Gasteiger partial charge is 0.338 e. The molecule has 0 aromatic heterocycles. The molecule has 0 aliphatic heterocycles. The molecule has 4 amide bonds. The van der Waals surface area contributed by atoms with Crippen LogP contribution in [0.3, 0.4) is 0 Å². The van der Waals surface area contributed by atoms with Crippen molar-refractivity contribution in [3.63, 3.8) is 0 Å². The van der Waals surface area contributed by atoms with Crippen LogP contribution in [-0.4, -0.2) is 64.4 Å². The highest BCUT2D eigenvalue weighted by Gasteiger charge is 1.98. The molecule has 0 aliphatic rings. The lowest BCUT2D eigenvalue weighted by molar-refractivity contribution is 0.240. The standard InChI is InChI=1S/C21H46N6O2/c1-3-12-24-20(28)26-18-10-16-22-14-8-6-5-7-9-15-23-17-11-19-27-21(29)25-13-4-2/h22-23H,3-19H2,1-2H3,(H2,24,26,28)(H2,25,27,29). The average Bonchev–Trinajstić information content (AvgIpc) is 2.72. The lowest BCUT2D eigenvalue weighted by Gasteiger charge is -2.08. The molecule has 0 heterocycles. The average molecular weight is 415 g/mol. The zero-order chi connectivity index (χ0) is 21.4.